The van der Waals surface area contributed by atoms with Crippen molar-refractivity contribution in [3.8, 4) is 0 Å². The summed E-state index contributed by atoms with van der Waals surface area (Å²) < 4.78 is 0. The number of rotatable bonds is 7. The predicted molar refractivity (Wildman–Crippen MR) is 79.5 cm³/mol. The van der Waals surface area contributed by atoms with Gasteiger partial charge in [-0.05, 0) is 42.9 Å². The summed E-state index contributed by atoms with van der Waals surface area (Å²) in [5, 5.41) is 6.73. The van der Waals surface area contributed by atoms with Crippen LogP contribution in [0.1, 0.15) is 32.6 Å². The van der Waals surface area contributed by atoms with Gasteiger partial charge in [0, 0.05) is 17.3 Å². The summed E-state index contributed by atoms with van der Waals surface area (Å²) in [6.07, 6.45) is 5.07. The fourth-order valence-corrected chi connectivity index (χ4v) is 2.63. The van der Waals surface area contributed by atoms with Crippen molar-refractivity contribution < 1.29 is 4.79 Å². The van der Waals surface area contributed by atoms with E-state index in [2.05, 4.69) is 17.6 Å². The Bertz CT molecular complexity index is 444. The fraction of sp³-hybridized carbons (Fsp3) is 0.533. The van der Waals surface area contributed by atoms with E-state index in [4.69, 9.17) is 11.6 Å². The molecule has 0 bridgehead atoms. The van der Waals surface area contributed by atoms with Crippen LogP contribution in [0.4, 0.5) is 5.69 Å². The molecule has 0 aromatic heterocycles. The maximum absolute atomic E-state index is 11.8. The van der Waals surface area contributed by atoms with E-state index < -0.39 is 0 Å². The van der Waals surface area contributed by atoms with Gasteiger partial charge in [0.2, 0.25) is 5.91 Å². The Morgan fingerprint density at radius 3 is 2.84 bits per heavy atom. The number of anilines is 1. The van der Waals surface area contributed by atoms with E-state index in [1.807, 2.05) is 12.1 Å². The highest BCUT2D eigenvalue weighted by atomic mass is 35.5. The molecule has 1 aromatic carbocycles. The highest BCUT2D eigenvalue weighted by molar-refractivity contribution is 6.30. The smallest absolute Gasteiger partial charge is 0.238 e. The number of carbonyl (C=O) groups excluding carboxylic acids is 1. The third-order valence-electron chi connectivity index (χ3n) is 3.63. The summed E-state index contributed by atoms with van der Waals surface area (Å²) >= 11 is 5.87. The summed E-state index contributed by atoms with van der Waals surface area (Å²) in [5.74, 6) is -0.0189. The molecule has 0 atom stereocenters. The summed E-state index contributed by atoms with van der Waals surface area (Å²) in [5.41, 5.74) is 1.22. The van der Waals surface area contributed by atoms with Crippen molar-refractivity contribution in [2.24, 2.45) is 5.41 Å². The number of halogens is 1. The molecule has 1 fully saturated rings. The SMILES string of the molecule is CCCC1(CNCC(=O)Nc2cccc(Cl)c2)CC1. The molecular formula is C15H21ClN2O. The Morgan fingerprint density at radius 2 is 2.21 bits per heavy atom. The molecule has 19 heavy (non-hydrogen) atoms. The van der Waals surface area contributed by atoms with Crippen molar-refractivity contribution in [3.05, 3.63) is 29.3 Å². The second-order valence-corrected chi connectivity index (χ2v) is 5.85. The molecule has 2 rings (SSSR count). The standard InChI is InChI=1S/C15H21ClN2O/c1-2-6-15(7-8-15)11-17-10-14(19)18-13-5-3-4-12(16)9-13/h3-5,9,17H,2,6-8,10-11H2,1H3,(H,18,19). The van der Waals surface area contributed by atoms with Crippen LogP contribution in [0, 0.1) is 5.41 Å². The largest absolute Gasteiger partial charge is 0.325 e. The van der Waals surface area contributed by atoms with Crippen molar-refractivity contribution in [1.29, 1.82) is 0 Å². The van der Waals surface area contributed by atoms with Gasteiger partial charge < -0.3 is 10.6 Å². The minimum Gasteiger partial charge on any atom is -0.325 e. The van der Waals surface area contributed by atoms with Gasteiger partial charge in [-0.2, -0.15) is 0 Å². The molecule has 0 radical (unpaired) electrons. The van der Waals surface area contributed by atoms with Crippen LogP contribution in [0.3, 0.4) is 0 Å². The number of hydrogen-bond acceptors (Lipinski definition) is 2. The lowest BCUT2D eigenvalue weighted by atomic mass is 10.0. The minimum absolute atomic E-state index is 0.0189. The van der Waals surface area contributed by atoms with Gasteiger partial charge >= 0.3 is 0 Å². The van der Waals surface area contributed by atoms with Crippen LogP contribution < -0.4 is 10.6 Å². The van der Waals surface area contributed by atoms with Crippen LogP contribution >= 0.6 is 11.6 Å². The first kappa shape index (κ1) is 14.4. The van der Waals surface area contributed by atoms with Gasteiger partial charge in [0.15, 0.2) is 0 Å². The molecule has 3 nitrogen and oxygen atoms in total. The van der Waals surface area contributed by atoms with Crippen molar-refractivity contribution in [3.63, 3.8) is 0 Å². The molecule has 104 valence electrons. The van der Waals surface area contributed by atoms with Crippen LogP contribution in [0.5, 0.6) is 0 Å². The van der Waals surface area contributed by atoms with Gasteiger partial charge in [0.1, 0.15) is 0 Å². The van der Waals surface area contributed by atoms with E-state index in [-0.39, 0.29) is 5.91 Å². The highest BCUT2D eigenvalue weighted by Crippen LogP contribution is 2.48. The molecule has 2 N–H and O–H groups in total. The molecule has 1 amide bonds. The quantitative estimate of drug-likeness (QED) is 0.803. The van der Waals surface area contributed by atoms with Crippen molar-refractivity contribution >= 4 is 23.2 Å². The van der Waals surface area contributed by atoms with E-state index in [9.17, 15) is 4.79 Å². The summed E-state index contributed by atoms with van der Waals surface area (Å²) in [7, 11) is 0. The molecular weight excluding hydrogens is 260 g/mol. The minimum atomic E-state index is -0.0189. The predicted octanol–water partition coefficient (Wildman–Crippen LogP) is 3.45. The lowest BCUT2D eigenvalue weighted by molar-refractivity contribution is -0.115. The average Bonchev–Trinajstić information content (AvgIpc) is 3.09. The summed E-state index contributed by atoms with van der Waals surface area (Å²) in [4.78, 5) is 11.8. The first-order valence-corrected chi connectivity index (χ1v) is 7.27. The number of carbonyl (C=O) groups is 1. The monoisotopic (exact) mass is 280 g/mol. The summed E-state index contributed by atoms with van der Waals surface area (Å²) in [6.45, 7) is 3.52. The maximum Gasteiger partial charge on any atom is 0.238 e. The van der Waals surface area contributed by atoms with Crippen LogP contribution in [0.15, 0.2) is 24.3 Å². The zero-order chi connectivity index (χ0) is 13.7. The van der Waals surface area contributed by atoms with E-state index in [1.54, 1.807) is 12.1 Å². The molecule has 0 unspecified atom stereocenters. The Hall–Kier alpha value is -1.06. The van der Waals surface area contributed by atoms with E-state index in [0.717, 1.165) is 12.2 Å². The number of benzene rings is 1. The van der Waals surface area contributed by atoms with Crippen LogP contribution in [0.25, 0.3) is 0 Å². The molecule has 0 aliphatic heterocycles. The summed E-state index contributed by atoms with van der Waals surface area (Å²) in [6, 6.07) is 7.20. The molecule has 1 aliphatic rings. The van der Waals surface area contributed by atoms with Gasteiger partial charge in [0.25, 0.3) is 0 Å². The number of amides is 1. The Morgan fingerprint density at radius 1 is 1.42 bits per heavy atom. The zero-order valence-corrected chi connectivity index (χ0v) is 12.1. The molecule has 4 heteroatoms. The van der Waals surface area contributed by atoms with Crippen LogP contribution in [0.2, 0.25) is 5.02 Å². The van der Waals surface area contributed by atoms with E-state index in [0.29, 0.717) is 17.0 Å². The van der Waals surface area contributed by atoms with Crippen molar-refractivity contribution in [2.75, 3.05) is 18.4 Å². The fourth-order valence-electron chi connectivity index (χ4n) is 2.43. The average molecular weight is 281 g/mol. The number of nitrogens with one attached hydrogen (secondary N) is 2. The molecule has 1 saturated carbocycles. The lowest BCUT2D eigenvalue weighted by Crippen LogP contribution is -2.32. The zero-order valence-electron chi connectivity index (χ0n) is 11.3. The molecule has 1 aromatic rings. The number of hydrogen-bond donors (Lipinski definition) is 2. The van der Waals surface area contributed by atoms with Gasteiger partial charge in [-0.25, -0.2) is 0 Å². The van der Waals surface area contributed by atoms with Crippen molar-refractivity contribution in [2.45, 2.75) is 32.6 Å². The first-order chi connectivity index (χ1) is 9.13. The highest BCUT2D eigenvalue weighted by Gasteiger charge is 2.40. The van der Waals surface area contributed by atoms with Crippen LogP contribution in [-0.2, 0) is 4.79 Å². The normalized spacial score (nSPS) is 16.1. The third kappa shape index (κ3) is 4.51. The van der Waals surface area contributed by atoms with E-state index in [1.165, 1.54) is 25.7 Å². The van der Waals surface area contributed by atoms with Crippen LogP contribution in [-0.4, -0.2) is 19.0 Å². The first-order valence-electron chi connectivity index (χ1n) is 6.90. The topological polar surface area (TPSA) is 41.1 Å². The molecule has 0 heterocycles. The second-order valence-electron chi connectivity index (χ2n) is 5.41. The molecule has 0 spiro atoms. The van der Waals surface area contributed by atoms with Gasteiger partial charge in [-0.1, -0.05) is 31.0 Å². The third-order valence-corrected chi connectivity index (χ3v) is 3.87. The van der Waals surface area contributed by atoms with Crippen molar-refractivity contribution in [1.82, 2.24) is 5.32 Å². The Balaban J connectivity index is 1.70. The second kappa shape index (κ2) is 6.40. The van der Waals surface area contributed by atoms with E-state index >= 15 is 0 Å². The Kier molecular flexibility index (Phi) is 4.83. The maximum atomic E-state index is 11.8. The molecule has 0 saturated heterocycles. The molecule has 1 aliphatic carbocycles. The van der Waals surface area contributed by atoms with Gasteiger partial charge in [0.05, 0.1) is 6.54 Å². The van der Waals surface area contributed by atoms with Gasteiger partial charge in [-0.3, -0.25) is 4.79 Å². The lowest BCUT2D eigenvalue weighted by Gasteiger charge is -2.14. The Labute approximate surface area is 119 Å². The van der Waals surface area contributed by atoms with Gasteiger partial charge in [-0.15, -0.1) is 0 Å².